The van der Waals surface area contributed by atoms with Crippen LogP contribution >= 0.6 is 0 Å². The second-order valence-corrected chi connectivity index (χ2v) is 5.78. The number of sulfone groups is 1. The molecule has 0 fully saturated rings. The van der Waals surface area contributed by atoms with E-state index in [1.54, 1.807) is 0 Å². The Morgan fingerprint density at radius 3 is 2.00 bits per heavy atom. The van der Waals surface area contributed by atoms with Gasteiger partial charge in [-0.3, -0.25) is 10.1 Å². The van der Waals surface area contributed by atoms with E-state index in [9.17, 15) is 44.9 Å². The summed E-state index contributed by atoms with van der Waals surface area (Å²) in [5.41, 5.74) is -9.46. The van der Waals surface area contributed by atoms with Crippen LogP contribution in [0.4, 0.5) is 32.0 Å². The lowest BCUT2D eigenvalue weighted by molar-refractivity contribution is -0.385. The molecule has 1 aromatic rings. The van der Waals surface area contributed by atoms with Gasteiger partial charge in [0.1, 0.15) is 0 Å². The fourth-order valence-electron chi connectivity index (χ4n) is 1.32. The maximum Gasteiger partial charge on any atom is 0.497 e. The van der Waals surface area contributed by atoms with Gasteiger partial charge >= 0.3 is 11.7 Å². The van der Waals surface area contributed by atoms with Gasteiger partial charge in [0.25, 0.3) is 15.5 Å². The first-order valence-corrected chi connectivity index (χ1v) is 6.54. The number of alkyl halides is 6. The minimum absolute atomic E-state index is 0.0127. The topological polar surface area (TPSA) is 77.3 Å². The Hall–Kier alpha value is -1.85. The lowest BCUT2D eigenvalue weighted by atomic mass is 10.1. The van der Waals surface area contributed by atoms with Crippen molar-refractivity contribution in [3.8, 4) is 0 Å². The van der Waals surface area contributed by atoms with Crippen molar-refractivity contribution < 1.29 is 39.7 Å². The minimum Gasteiger partial charge on any atom is -0.258 e. The van der Waals surface area contributed by atoms with Gasteiger partial charge in [-0.2, -0.15) is 26.3 Å². The zero-order chi connectivity index (χ0) is 16.6. The summed E-state index contributed by atoms with van der Waals surface area (Å²) in [5, 5.41) is 10.6. The molecule has 0 radical (unpaired) electrons. The van der Waals surface area contributed by atoms with Crippen LogP contribution in [0.3, 0.4) is 0 Å². The number of nitrogens with zero attached hydrogens (tertiary/aromatic N) is 1. The molecule has 0 aromatic heterocycles. The summed E-state index contributed by atoms with van der Waals surface area (Å²) in [6, 6.07) is 0.597. The van der Waals surface area contributed by atoms with Crippen molar-refractivity contribution in [2.45, 2.75) is 17.4 Å². The number of halogens is 6. The Labute approximate surface area is 113 Å². The standard InChI is InChI=1S/C9H5F6NO4S/c10-8(11,12)6-2-1-5(7(3-6)16(17)18)4-21(19,20)9(13,14)15/h1-3H,4H2. The fraction of sp³-hybridized carbons (Fsp3) is 0.333. The van der Waals surface area contributed by atoms with Crippen LogP contribution in [-0.2, 0) is 21.8 Å². The molecule has 0 unspecified atom stereocenters. The van der Waals surface area contributed by atoms with Gasteiger partial charge in [-0.1, -0.05) is 6.07 Å². The Kier molecular flexibility index (Phi) is 4.23. The van der Waals surface area contributed by atoms with Gasteiger partial charge in [-0.15, -0.1) is 0 Å². The highest BCUT2D eigenvalue weighted by atomic mass is 32.2. The number of nitro benzene ring substituents is 1. The summed E-state index contributed by atoms with van der Waals surface area (Å²) in [5.74, 6) is -1.81. The van der Waals surface area contributed by atoms with Crippen LogP contribution in [0.15, 0.2) is 18.2 Å². The predicted molar refractivity (Wildman–Crippen MR) is 56.8 cm³/mol. The minimum atomic E-state index is -5.74. The van der Waals surface area contributed by atoms with Crippen LogP contribution in [0, 0.1) is 10.1 Å². The van der Waals surface area contributed by atoms with Crippen molar-refractivity contribution in [3.05, 3.63) is 39.4 Å². The van der Waals surface area contributed by atoms with Crippen LogP contribution in [0.1, 0.15) is 11.1 Å². The molecule has 0 aliphatic rings. The van der Waals surface area contributed by atoms with Gasteiger partial charge in [0.15, 0.2) is 0 Å². The quantitative estimate of drug-likeness (QED) is 0.482. The zero-order valence-electron chi connectivity index (χ0n) is 9.70. The first kappa shape index (κ1) is 17.2. The molecule has 1 rings (SSSR count). The molecular formula is C9H5F6NO4S. The highest BCUT2D eigenvalue weighted by Gasteiger charge is 2.46. The van der Waals surface area contributed by atoms with Crippen molar-refractivity contribution in [1.29, 1.82) is 0 Å². The molecule has 0 bridgehead atoms. The van der Waals surface area contributed by atoms with Crippen molar-refractivity contribution in [1.82, 2.24) is 0 Å². The van der Waals surface area contributed by atoms with E-state index in [2.05, 4.69) is 0 Å². The van der Waals surface area contributed by atoms with Crippen LogP contribution in [0.5, 0.6) is 0 Å². The summed E-state index contributed by atoms with van der Waals surface area (Å²) in [6.45, 7) is 0. The number of hydrogen-bond donors (Lipinski definition) is 0. The lowest BCUT2D eigenvalue weighted by Crippen LogP contribution is -2.25. The first-order valence-electron chi connectivity index (χ1n) is 4.89. The number of nitro groups is 1. The maximum absolute atomic E-state index is 12.4. The monoisotopic (exact) mass is 337 g/mol. The molecule has 0 saturated carbocycles. The summed E-state index contributed by atoms with van der Waals surface area (Å²) in [6.07, 6.45) is -4.95. The molecule has 0 amide bonds. The molecule has 118 valence electrons. The van der Waals surface area contributed by atoms with E-state index in [0.717, 1.165) is 0 Å². The third-order valence-corrected chi connectivity index (χ3v) is 3.70. The Morgan fingerprint density at radius 1 is 1.10 bits per heavy atom. The van der Waals surface area contributed by atoms with E-state index in [1.165, 1.54) is 0 Å². The van der Waals surface area contributed by atoms with Crippen LogP contribution < -0.4 is 0 Å². The van der Waals surface area contributed by atoms with Gasteiger partial charge in [-0.25, -0.2) is 8.42 Å². The van der Waals surface area contributed by atoms with Crippen molar-refractivity contribution in [2.75, 3.05) is 0 Å². The summed E-state index contributed by atoms with van der Waals surface area (Å²) in [7, 11) is -5.74. The SMILES string of the molecule is O=[N+]([O-])c1cc(C(F)(F)F)ccc1CS(=O)(=O)C(F)(F)F. The normalized spacial score (nSPS) is 13.2. The van der Waals surface area contributed by atoms with Crippen LogP contribution in [0.2, 0.25) is 0 Å². The van der Waals surface area contributed by atoms with Crippen LogP contribution in [-0.4, -0.2) is 18.8 Å². The van der Waals surface area contributed by atoms with E-state index in [0.29, 0.717) is 6.07 Å². The summed E-state index contributed by atoms with van der Waals surface area (Å²) >= 11 is 0. The average Bonchev–Trinajstić information content (AvgIpc) is 2.25. The van der Waals surface area contributed by atoms with Gasteiger partial charge < -0.3 is 0 Å². The molecule has 0 heterocycles. The molecule has 12 heteroatoms. The van der Waals surface area contributed by atoms with Gasteiger partial charge in [0, 0.05) is 11.6 Å². The molecular weight excluding hydrogens is 332 g/mol. The largest absolute Gasteiger partial charge is 0.497 e. The van der Waals surface area contributed by atoms with Gasteiger partial charge in [-0.05, 0) is 6.07 Å². The first-order chi connectivity index (χ1) is 9.25. The zero-order valence-corrected chi connectivity index (χ0v) is 10.5. The fourth-order valence-corrected chi connectivity index (χ4v) is 2.14. The highest BCUT2D eigenvalue weighted by molar-refractivity contribution is 7.91. The molecule has 0 atom stereocenters. The van der Waals surface area contributed by atoms with Crippen LogP contribution in [0.25, 0.3) is 0 Å². The average molecular weight is 337 g/mol. The molecule has 0 saturated heterocycles. The van der Waals surface area contributed by atoms with Gasteiger partial charge in [0.2, 0.25) is 0 Å². The molecule has 0 N–H and O–H groups in total. The molecule has 0 aliphatic carbocycles. The number of hydrogen-bond acceptors (Lipinski definition) is 4. The Balaban J connectivity index is 3.36. The highest BCUT2D eigenvalue weighted by Crippen LogP contribution is 2.35. The van der Waals surface area contributed by atoms with Crippen molar-refractivity contribution in [2.24, 2.45) is 0 Å². The van der Waals surface area contributed by atoms with Crippen molar-refractivity contribution in [3.63, 3.8) is 0 Å². The van der Waals surface area contributed by atoms with E-state index in [1.807, 2.05) is 0 Å². The van der Waals surface area contributed by atoms with E-state index < -0.39 is 49.0 Å². The third-order valence-electron chi connectivity index (χ3n) is 2.31. The number of rotatable bonds is 3. The van der Waals surface area contributed by atoms with Crippen molar-refractivity contribution >= 4 is 15.5 Å². The molecule has 21 heavy (non-hydrogen) atoms. The lowest BCUT2D eigenvalue weighted by Gasteiger charge is -2.10. The van der Waals surface area contributed by atoms with E-state index in [4.69, 9.17) is 0 Å². The maximum atomic E-state index is 12.4. The van der Waals surface area contributed by atoms with E-state index >= 15 is 0 Å². The smallest absolute Gasteiger partial charge is 0.258 e. The summed E-state index contributed by atoms with van der Waals surface area (Å²) in [4.78, 5) is 9.22. The second kappa shape index (κ2) is 5.16. The molecule has 1 aromatic carbocycles. The van der Waals surface area contributed by atoms with E-state index in [-0.39, 0.29) is 12.1 Å². The van der Waals surface area contributed by atoms with Gasteiger partial charge in [0.05, 0.1) is 16.2 Å². The Morgan fingerprint density at radius 2 is 1.62 bits per heavy atom. The molecule has 0 aliphatic heterocycles. The Bertz CT molecular complexity index is 664. The molecule has 0 spiro atoms. The second-order valence-electron chi connectivity index (χ2n) is 3.80. The third kappa shape index (κ3) is 3.83. The summed E-state index contributed by atoms with van der Waals surface area (Å²) < 4.78 is 95.5. The number of benzene rings is 1. The predicted octanol–water partition coefficient (Wildman–Crippen LogP) is 3.05. The molecule has 5 nitrogen and oxygen atoms in total.